The largest absolute Gasteiger partial charge is 0.493 e. The number of ether oxygens (including phenoxy) is 2. The lowest BCUT2D eigenvalue weighted by molar-refractivity contribution is -0.138. The van der Waals surface area contributed by atoms with Crippen LogP contribution in [-0.4, -0.2) is 32.1 Å². The van der Waals surface area contributed by atoms with Gasteiger partial charge in [-0.1, -0.05) is 0 Å². The molecular weight excluding hydrogens is 284 g/mol. The van der Waals surface area contributed by atoms with E-state index in [0.717, 1.165) is 12.8 Å². The molecule has 0 bridgehead atoms. The number of amides is 2. The van der Waals surface area contributed by atoms with Crippen molar-refractivity contribution < 1.29 is 19.1 Å². The average molecular weight is 306 g/mol. The fourth-order valence-corrected chi connectivity index (χ4v) is 1.90. The van der Waals surface area contributed by atoms with E-state index in [-0.39, 0.29) is 17.9 Å². The van der Waals surface area contributed by atoms with Crippen LogP contribution in [-0.2, 0) is 9.59 Å². The fourth-order valence-electron chi connectivity index (χ4n) is 1.90. The molecule has 0 spiro atoms. The normalized spacial score (nSPS) is 14.2. The molecule has 0 atom stereocenters. The van der Waals surface area contributed by atoms with Gasteiger partial charge in [-0.25, -0.2) is 0 Å². The summed E-state index contributed by atoms with van der Waals surface area (Å²) in [5.74, 6) is 0.470. The first kappa shape index (κ1) is 16.1. The third-order valence-corrected chi connectivity index (χ3v) is 3.69. The molecule has 0 aliphatic heterocycles. The molecule has 0 aromatic heterocycles. The lowest BCUT2D eigenvalue weighted by atomic mass is 9.91. The van der Waals surface area contributed by atoms with Crippen LogP contribution in [0.1, 0.15) is 26.7 Å². The molecule has 1 fully saturated rings. The highest BCUT2D eigenvalue weighted by molar-refractivity contribution is 6.10. The van der Waals surface area contributed by atoms with E-state index in [1.807, 2.05) is 0 Å². The Morgan fingerprint density at radius 3 is 2.27 bits per heavy atom. The van der Waals surface area contributed by atoms with Crippen molar-refractivity contribution in [2.75, 3.05) is 19.5 Å². The van der Waals surface area contributed by atoms with E-state index in [1.165, 1.54) is 7.11 Å². The van der Waals surface area contributed by atoms with E-state index >= 15 is 0 Å². The number of hydrogen-bond acceptors (Lipinski definition) is 4. The van der Waals surface area contributed by atoms with Crippen molar-refractivity contribution in [3.05, 3.63) is 18.2 Å². The molecule has 120 valence electrons. The molecule has 0 saturated heterocycles. The van der Waals surface area contributed by atoms with Crippen LogP contribution in [0.4, 0.5) is 5.69 Å². The van der Waals surface area contributed by atoms with Crippen molar-refractivity contribution in [2.45, 2.75) is 32.7 Å². The second kappa shape index (κ2) is 6.25. The number of nitrogens with one attached hydrogen (secondary N) is 2. The minimum Gasteiger partial charge on any atom is -0.493 e. The second-order valence-corrected chi connectivity index (χ2v) is 5.90. The van der Waals surface area contributed by atoms with Gasteiger partial charge in [-0.2, -0.15) is 0 Å². The number of anilines is 1. The summed E-state index contributed by atoms with van der Waals surface area (Å²) in [4.78, 5) is 24.5. The predicted molar refractivity (Wildman–Crippen MR) is 83.1 cm³/mol. The first-order chi connectivity index (χ1) is 10.4. The quantitative estimate of drug-likeness (QED) is 0.788. The van der Waals surface area contributed by atoms with E-state index in [0.29, 0.717) is 17.2 Å². The van der Waals surface area contributed by atoms with Gasteiger partial charge in [0.25, 0.3) is 0 Å². The molecular formula is C16H22N2O4. The number of carbonyl (C=O) groups is 2. The second-order valence-electron chi connectivity index (χ2n) is 5.90. The van der Waals surface area contributed by atoms with E-state index in [2.05, 4.69) is 10.6 Å². The van der Waals surface area contributed by atoms with Gasteiger partial charge in [0.1, 0.15) is 5.41 Å². The van der Waals surface area contributed by atoms with Crippen LogP contribution in [0.5, 0.6) is 11.5 Å². The first-order valence-corrected chi connectivity index (χ1v) is 7.23. The Morgan fingerprint density at radius 2 is 1.73 bits per heavy atom. The van der Waals surface area contributed by atoms with Crippen molar-refractivity contribution >= 4 is 17.5 Å². The van der Waals surface area contributed by atoms with Gasteiger partial charge in [0.15, 0.2) is 11.5 Å². The van der Waals surface area contributed by atoms with Crippen molar-refractivity contribution in [1.82, 2.24) is 5.32 Å². The molecule has 1 aliphatic carbocycles. The summed E-state index contributed by atoms with van der Waals surface area (Å²) in [5, 5.41) is 5.60. The molecule has 1 aromatic rings. The monoisotopic (exact) mass is 306 g/mol. The summed E-state index contributed by atoms with van der Waals surface area (Å²) in [6.45, 7) is 3.22. The number of carbonyl (C=O) groups excluding carboxylic acids is 2. The Balaban J connectivity index is 2.08. The maximum Gasteiger partial charge on any atom is 0.239 e. The molecule has 1 aromatic carbocycles. The minimum absolute atomic E-state index is 0.223. The van der Waals surface area contributed by atoms with E-state index < -0.39 is 5.41 Å². The van der Waals surface area contributed by atoms with Crippen LogP contribution in [0.15, 0.2) is 18.2 Å². The highest BCUT2D eigenvalue weighted by Gasteiger charge is 2.38. The van der Waals surface area contributed by atoms with E-state index in [9.17, 15) is 9.59 Å². The molecule has 2 N–H and O–H groups in total. The summed E-state index contributed by atoms with van der Waals surface area (Å²) < 4.78 is 10.3. The van der Waals surface area contributed by atoms with Gasteiger partial charge in [0, 0.05) is 17.8 Å². The smallest absolute Gasteiger partial charge is 0.239 e. The Morgan fingerprint density at radius 1 is 1.09 bits per heavy atom. The zero-order valence-corrected chi connectivity index (χ0v) is 13.4. The molecule has 0 unspecified atom stereocenters. The van der Waals surface area contributed by atoms with Gasteiger partial charge in [-0.05, 0) is 38.8 Å². The molecule has 6 heteroatoms. The van der Waals surface area contributed by atoms with Gasteiger partial charge in [-0.3, -0.25) is 9.59 Å². The Labute approximate surface area is 130 Å². The Bertz CT molecular complexity index is 580. The molecule has 1 aliphatic rings. The zero-order chi connectivity index (χ0) is 16.3. The van der Waals surface area contributed by atoms with E-state index in [4.69, 9.17) is 9.47 Å². The van der Waals surface area contributed by atoms with Gasteiger partial charge in [0.05, 0.1) is 14.2 Å². The van der Waals surface area contributed by atoms with Crippen LogP contribution in [0.25, 0.3) is 0 Å². The molecule has 0 radical (unpaired) electrons. The third-order valence-electron chi connectivity index (χ3n) is 3.69. The molecule has 6 nitrogen and oxygen atoms in total. The fraction of sp³-hybridized carbons (Fsp3) is 0.500. The predicted octanol–water partition coefficient (Wildman–Crippen LogP) is 1.95. The summed E-state index contributed by atoms with van der Waals surface area (Å²) in [5.41, 5.74) is -0.592. The molecule has 0 heterocycles. The van der Waals surface area contributed by atoms with Crippen molar-refractivity contribution in [3.8, 4) is 11.5 Å². The van der Waals surface area contributed by atoms with Crippen LogP contribution >= 0.6 is 0 Å². The lowest BCUT2D eigenvalue weighted by Gasteiger charge is -2.23. The van der Waals surface area contributed by atoms with Crippen LogP contribution in [0.2, 0.25) is 0 Å². The highest BCUT2D eigenvalue weighted by atomic mass is 16.5. The zero-order valence-electron chi connectivity index (χ0n) is 13.4. The van der Waals surface area contributed by atoms with Crippen molar-refractivity contribution in [1.29, 1.82) is 0 Å². The van der Waals surface area contributed by atoms with E-state index in [1.54, 1.807) is 39.2 Å². The number of hydrogen-bond donors (Lipinski definition) is 2. The summed E-state index contributed by atoms with van der Waals surface area (Å²) in [6.07, 6.45) is 1.97. The first-order valence-electron chi connectivity index (χ1n) is 7.23. The molecule has 1 saturated carbocycles. The summed E-state index contributed by atoms with van der Waals surface area (Å²) >= 11 is 0. The summed E-state index contributed by atoms with van der Waals surface area (Å²) in [6, 6.07) is 5.28. The van der Waals surface area contributed by atoms with Crippen LogP contribution in [0, 0.1) is 5.41 Å². The minimum atomic E-state index is -1.14. The molecule has 2 amide bonds. The van der Waals surface area contributed by atoms with Crippen molar-refractivity contribution in [3.63, 3.8) is 0 Å². The van der Waals surface area contributed by atoms with Gasteiger partial charge >= 0.3 is 0 Å². The van der Waals surface area contributed by atoms with Crippen LogP contribution in [0.3, 0.4) is 0 Å². The molecule has 22 heavy (non-hydrogen) atoms. The number of methoxy groups -OCH3 is 2. The van der Waals surface area contributed by atoms with Gasteiger partial charge < -0.3 is 20.1 Å². The number of benzene rings is 1. The van der Waals surface area contributed by atoms with Gasteiger partial charge in [-0.15, -0.1) is 0 Å². The maximum atomic E-state index is 12.4. The lowest BCUT2D eigenvalue weighted by Crippen LogP contribution is -2.45. The topological polar surface area (TPSA) is 76.7 Å². The Kier molecular flexibility index (Phi) is 4.59. The maximum absolute atomic E-state index is 12.4. The van der Waals surface area contributed by atoms with Crippen molar-refractivity contribution in [2.24, 2.45) is 5.41 Å². The average Bonchev–Trinajstić information content (AvgIpc) is 3.30. The summed E-state index contributed by atoms with van der Waals surface area (Å²) in [7, 11) is 3.07. The standard InChI is InChI=1S/C16H22N2O4/c1-16(2,14(19)17-10-5-6-10)15(20)18-11-7-8-12(21-3)13(9-11)22-4/h7-10H,5-6H2,1-4H3,(H,17,19)(H,18,20). The number of rotatable bonds is 6. The highest BCUT2D eigenvalue weighted by Crippen LogP contribution is 2.31. The molecule has 2 rings (SSSR count). The Hall–Kier alpha value is -2.24. The van der Waals surface area contributed by atoms with Crippen LogP contribution < -0.4 is 20.1 Å². The SMILES string of the molecule is COc1ccc(NC(=O)C(C)(C)C(=O)NC2CC2)cc1OC. The van der Waals surface area contributed by atoms with Gasteiger partial charge in [0.2, 0.25) is 11.8 Å². The third kappa shape index (κ3) is 3.50.